The first-order valence-electron chi connectivity index (χ1n) is 5.74. The number of anilines is 2. The van der Waals surface area contributed by atoms with Gasteiger partial charge in [0, 0.05) is 23.5 Å². The van der Waals surface area contributed by atoms with E-state index >= 15 is 0 Å². The molecule has 0 unspecified atom stereocenters. The number of carbonyl (C=O) groups is 1. The number of nitrogens with two attached hydrogens (primary N) is 2. The summed E-state index contributed by atoms with van der Waals surface area (Å²) in [6.07, 6.45) is 2.99. The minimum Gasteiger partial charge on any atom is -0.423 e. The van der Waals surface area contributed by atoms with Crippen LogP contribution in [0, 0.1) is 0 Å². The van der Waals surface area contributed by atoms with Crippen molar-refractivity contribution in [2.75, 3.05) is 11.5 Å². The largest absolute Gasteiger partial charge is 0.423 e. The highest BCUT2D eigenvalue weighted by atomic mass is 16.5. The van der Waals surface area contributed by atoms with Crippen molar-refractivity contribution in [3.63, 3.8) is 0 Å². The summed E-state index contributed by atoms with van der Waals surface area (Å²) in [6, 6.07) is 13.9. The van der Waals surface area contributed by atoms with E-state index in [0.717, 1.165) is 5.56 Å². The molecule has 0 saturated heterocycles. The Morgan fingerprint density at radius 1 is 1.00 bits per heavy atom. The van der Waals surface area contributed by atoms with Crippen molar-refractivity contribution in [1.29, 1.82) is 0 Å². The Morgan fingerprint density at radius 3 is 2.37 bits per heavy atom. The van der Waals surface area contributed by atoms with Gasteiger partial charge in [0.1, 0.15) is 5.75 Å². The first kappa shape index (κ1) is 12.7. The standard InChI is InChI=1S/C15H14N2O2/c16-12-4-1-3-11(9-12)7-8-15(18)19-14-6-2-5-13(17)10-14/h1-10H,16-17H2. The number of nitrogen functional groups attached to an aromatic ring is 2. The smallest absolute Gasteiger partial charge is 0.336 e. The molecule has 0 aliphatic rings. The maximum Gasteiger partial charge on any atom is 0.336 e. The molecule has 0 spiro atoms. The first-order chi connectivity index (χ1) is 9.13. The Bertz CT molecular complexity index is 621. The number of rotatable bonds is 3. The van der Waals surface area contributed by atoms with Crippen molar-refractivity contribution in [3.8, 4) is 5.75 Å². The highest BCUT2D eigenvalue weighted by molar-refractivity contribution is 5.88. The van der Waals surface area contributed by atoms with Gasteiger partial charge in [-0.2, -0.15) is 0 Å². The number of ether oxygens (including phenoxy) is 1. The molecule has 2 rings (SSSR count). The molecule has 4 N–H and O–H groups in total. The molecule has 4 heteroatoms. The fourth-order valence-corrected chi connectivity index (χ4v) is 1.56. The molecule has 0 aliphatic heterocycles. The second-order valence-electron chi connectivity index (χ2n) is 4.00. The summed E-state index contributed by atoms with van der Waals surface area (Å²) in [5.74, 6) is -0.0461. The van der Waals surface area contributed by atoms with E-state index in [9.17, 15) is 4.79 Å². The van der Waals surface area contributed by atoms with Crippen LogP contribution in [0.1, 0.15) is 5.56 Å². The van der Waals surface area contributed by atoms with E-state index in [1.807, 2.05) is 12.1 Å². The molecule has 0 bridgehead atoms. The van der Waals surface area contributed by atoms with Crippen LogP contribution in [-0.4, -0.2) is 5.97 Å². The van der Waals surface area contributed by atoms with Gasteiger partial charge >= 0.3 is 5.97 Å². The molecule has 96 valence electrons. The van der Waals surface area contributed by atoms with Gasteiger partial charge in [-0.05, 0) is 35.9 Å². The van der Waals surface area contributed by atoms with Crippen molar-refractivity contribution in [2.24, 2.45) is 0 Å². The maximum atomic E-state index is 11.6. The fourth-order valence-electron chi connectivity index (χ4n) is 1.56. The average molecular weight is 254 g/mol. The van der Waals surface area contributed by atoms with Gasteiger partial charge in [0.15, 0.2) is 0 Å². The van der Waals surface area contributed by atoms with Crippen molar-refractivity contribution in [1.82, 2.24) is 0 Å². The molecule has 0 fully saturated rings. The normalized spacial score (nSPS) is 10.5. The van der Waals surface area contributed by atoms with Crippen LogP contribution in [0.5, 0.6) is 5.75 Å². The topological polar surface area (TPSA) is 78.3 Å². The van der Waals surface area contributed by atoms with E-state index in [4.69, 9.17) is 16.2 Å². The lowest BCUT2D eigenvalue weighted by Crippen LogP contribution is -2.03. The molecule has 0 heterocycles. The molecule has 2 aromatic carbocycles. The summed E-state index contributed by atoms with van der Waals surface area (Å²) in [5, 5.41) is 0. The molecule has 19 heavy (non-hydrogen) atoms. The lowest BCUT2D eigenvalue weighted by Gasteiger charge is -2.01. The Morgan fingerprint density at radius 2 is 1.68 bits per heavy atom. The summed E-state index contributed by atoms with van der Waals surface area (Å²) >= 11 is 0. The first-order valence-corrected chi connectivity index (χ1v) is 5.74. The zero-order valence-corrected chi connectivity index (χ0v) is 10.2. The summed E-state index contributed by atoms with van der Waals surface area (Å²) < 4.78 is 5.11. The third-order valence-corrected chi connectivity index (χ3v) is 2.40. The number of hydrogen-bond acceptors (Lipinski definition) is 4. The second kappa shape index (κ2) is 5.73. The average Bonchev–Trinajstić information content (AvgIpc) is 2.36. The minimum absolute atomic E-state index is 0.419. The summed E-state index contributed by atoms with van der Waals surface area (Å²) in [4.78, 5) is 11.6. The Labute approximate surface area is 111 Å². The predicted molar refractivity (Wildman–Crippen MR) is 76.4 cm³/mol. The minimum atomic E-state index is -0.465. The van der Waals surface area contributed by atoms with E-state index in [-0.39, 0.29) is 0 Å². The zero-order valence-electron chi connectivity index (χ0n) is 10.2. The zero-order chi connectivity index (χ0) is 13.7. The van der Waals surface area contributed by atoms with Gasteiger partial charge in [0.2, 0.25) is 0 Å². The maximum absolute atomic E-state index is 11.6. The van der Waals surface area contributed by atoms with E-state index in [0.29, 0.717) is 17.1 Å². The third-order valence-electron chi connectivity index (χ3n) is 2.40. The molecular weight excluding hydrogens is 240 g/mol. The lowest BCUT2D eigenvalue weighted by molar-refractivity contribution is -0.128. The SMILES string of the molecule is Nc1cccc(C=CC(=O)Oc2cccc(N)c2)c1. The van der Waals surface area contributed by atoms with Crippen LogP contribution in [0.15, 0.2) is 54.6 Å². The van der Waals surface area contributed by atoms with Crippen LogP contribution in [0.4, 0.5) is 11.4 Å². The van der Waals surface area contributed by atoms with E-state index in [2.05, 4.69) is 0 Å². The lowest BCUT2D eigenvalue weighted by atomic mass is 10.2. The molecule has 2 aromatic rings. The van der Waals surface area contributed by atoms with Crippen molar-refractivity contribution < 1.29 is 9.53 Å². The van der Waals surface area contributed by atoms with Gasteiger partial charge in [0.25, 0.3) is 0 Å². The van der Waals surface area contributed by atoms with Gasteiger partial charge < -0.3 is 16.2 Å². The van der Waals surface area contributed by atoms with Crippen molar-refractivity contribution in [2.45, 2.75) is 0 Å². The van der Waals surface area contributed by atoms with Gasteiger partial charge in [-0.15, -0.1) is 0 Å². The van der Waals surface area contributed by atoms with Gasteiger partial charge in [-0.25, -0.2) is 4.79 Å². The van der Waals surface area contributed by atoms with Crippen LogP contribution in [-0.2, 0) is 4.79 Å². The Hall–Kier alpha value is -2.75. The summed E-state index contributed by atoms with van der Waals surface area (Å²) in [7, 11) is 0. The fraction of sp³-hybridized carbons (Fsp3) is 0. The van der Waals surface area contributed by atoms with E-state index < -0.39 is 5.97 Å². The van der Waals surface area contributed by atoms with Crippen LogP contribution in [0.2, 0.25) is 0 Å². The number of hydrogen-bond donors (Lipinski definition) is 2. The number of benzene rings is 2. The highest BCUT2D eigenvalue weighted by Crippen LogP contribution is 2.15. The molecule has 0 aliphatic carbocycles. The highest BCUT2D eigenvalue weighted by Gasteiger charge is 2.00. The van der Waals surface area contributed by atoms with Crippen LogP contribution in [0.25, 0.3) is 6.08 Å². The van der Waals surface area contributed by atoms with Gasteiger partial charge in [-0.3, -0.25) is 0 Å². The van der Waals surface area contributed by atoms with Crippen molar-refractivity contribution in [3.05, 3.63) is 60.2 Å². The molecule has 0 saturated carbocycles. The third kappa shape index (κ3) is 3.89. The molecular formula is C15H14N2O2. The molecule has 0 aromatic heterocycles. The van der Waals surface area contributed by atoms with Gasteiger partial charge in [-0.1, -0.05) is 18.2 Å². The predicted octanol–water partition coefficient (Wildman–Crippen LogP) is 2.47. The van der Waals surface area contributed by atoms with Crippen LogP contribution < -0.4 is 16.2 Å². The molecule has 0 radical (unpaired) electrons. The monoisotopic (exact) mass is 254 g/mol. The summed E-state index contributed by atoms with van der Waals surface area (Å²) in [6.45, 7) is 0. The van der Waals surface area contributed by atoms with Gasteiger partial charge in [0.05, 0.1) is 0 Å². The van der Waals surface area contributed by atoms with Crippen LogP contribution in [0.3, 0.4) is 0 Å². The quantitative estimate of drug-likeness (QED) is 0.382. The summed E-state index contributed by atoms with van der Waals surface area (Å²) in [5.41, 5.74) is 13.3. The number of esters is 1. The molecule has 4 nitrogen and oxygen atoms in total. The Kier molecular flexibility index (Phi) is 3.83. The Balaban J connectivity index is 2.01. The molecule has 0 amide bonds. The van der Waals surface area contributed by atoms with Crippen molar-refractivity contribution >= 4 is 23.4 Å². The second-order valence-corrected chi connectivity index (χ2v) is 4.00. The number of carbonyl (C=O) groups excluding carboxylic acids is 1. The van der Waals surface area contributed by atoms with E-state index in [1.165, 1.54) is 6.08 Å². The van der Waals surface area contributed by atoms with Crippen LogP contribution >= 0.6 is 0 Å². The van der Waals surface area contributed by atoms with E-state index in [1.54, 1.807) is 42.5 Å². The molecule has 0 atom stereocenters.